The Hall–Kier alpha value is -2.87. The van der Waals surface area contributed by atoms with Gasteiger partial charge in [0.15, 0.2) is 11.5 Å². The van der Waals surface area contributed by atoms with E-state index in [9.17, 15) is 4.79 Å². The number of nitrogens with zero attached hydrogens (tertiary/aromatic N) is 3. The van der Waals surface area contributed by atoms with Gasteiger partial charge in [-0.2, -0.15) is 9.78 Å². The van der Waals surface area contributed by atoms with E-state index in [2.05, 4.69) is 26.0 Å². The van der Waals surface area contributed by atoms with Crippen LogP contribution >= 0.6 is 39.1 Å². The highest BCUT2D eigenvalue weighted by atomic mass is 79.9. The van der Waals surface area contributed by atoms with Crippen molar-refractivity contribution in [3.63, 3.8) is 0 Å². The van der Waals surface area contributed by atoms with Gasteiger partial charge in [-0.25, -0.2) is 4.98 Å². The molecule has 0 unspecified atom stereocenters. The molecule has 4 aromatic rings. The van der Waals surface area contributed by atoms with Crippen molar-refractivity contribution in [3.8, 4) is 11.5 Å². The summed E-state index contributed by atoms with van der Waals surface area (Å²) in [6.07, 6.45) is 1.59. The first-order valence-electron chi connectivity index (χ1n) is 10.4. The third kappa shape index (κ3) is 5.43. The van der Waals surface area contributed by atoms with Gasteiger partial charge in [-0.3, -0.25) is 4.79 Å². The van der Waals surface area contributed by atoms with E-state index in [4.69, 9.17) is 32.7 Å². The minimum absolute atomic E-state index is 0.245. The Morgan fingerprint density at radius 3 is 2.65 bits per heavy atom. The molecular formula is C25H20BrCl2N3O3. The molecule has 0 saturated heterocycles. The van der Waals surface area contributed by atoms with Crippen LogP contribution in [0.5, 0.6) is 11.5 Å². The standard InChI is InChI=1S/C25H20BrCl2N3O3/c1-3-33-24-10-16(4-9-23(24)34-14-17-5-7-19(27)12-21(17)28)13-29-31-15(2)30-22-8-6-18(26)11-20(22)25(31)32/h4-13H,3,14H2,1-2H3. The summed E-state index contributed by atoms with van der Waals surface area (Å²) in [6.45, 7) is 4.35. The smallest absolute Gasteiger partial charge is 0.282 e. The normalized spacial score (nSPS) is 11.3. The molecule has 0 spiro atoms. The van der Waals surface area contributed by atoms with E-state index in [1.807, 2.05) is 25.1 Å². The van der Waals surface area contributed by atoms with Gasteiger partial charge in [0.2, 0.25) is 0 Å². The van der Waals surface area contributed by atoms with Crippen molar-refractivity contribution in [3.05, 3.63) is 96.4 Å². The Morgan fingerprint density at radius 2 is 1.88 bits per heavy atom. The molecule has 0 N–H and O–H groups in total. The molecule has 3 aromatic carbocycles. The second-order valence-electron chi connectivity index (χ2n) is 7.35. The Bertz CT molecular complexity index is 1450. The van der Waals surface area contributed by atoms with Crippen molar-refractivity contribution < 1.29 is 9.47 Å². The average molecular weight is 561 g/mol. The van der Waals surface area contributed by atoms with Crippen molar-refractivity contribution in [1.82, 2.24) is 9.66 Å². The molecule has 0 aliphatic rings. The highest BCUT2D eigenvalue weighted by Crippen LogP contribution is 2.30. The number of rotatable bonds is 7. The molecule has 0 radical (unpaired) electrons. The van der Waals surface area contributed by atoms with E-state index in [1.54, 1.807) is 49.5 Å². The number of fused-ring (bicyclic) bond motifs is 1. The summed E-state index contributed by atoms with van der Waals surface area (Å²) in [6, 6.07) is 16.1. The van der Waals surface area contributed by atoms with Crippen LogP contribution in [0.2, 0.25) is 10.0 Å². The lowest BCUT2D eigenvalue weighted by atomic mass is 10.2. The molecule has 0 aliphatic carbocycles. The van der Waals surface area contributed by atoms with Crippen LogP contribution in [0.1, 0.15) is 23.9 Å². The second kappa shape index (κ2) is 10.6. The van der Waals surface area contributed by atoms with Crippen molar-refractivity contribution in [2.75, 3.05) is 6.61 Å². The lowest BCUT2D eigenvalue weighted by Crippen LogP contribution is -2.20. The minimum Gasteiger partial charge on any atom is -0.490 e. The van der Waals surface area contributed by atoms with Crippen molar-refractivity contribution in [2.45, 2.75) is 20.5 Å². The quantitative estimate of drug-likeness (QED) is 0.238. The molecule has 34 heavy (non-hydrogen) atoms. The number of benzene rings is 3. The molecule has 1 heterocycles. The van der Waals surface area contributed by atoms with Crippen LogP contribution < -0.4 is 15.0 Å². The number of aromatic nitrogens is 2. The number of halogens is 3. The second-order valence-corrected chi connectivity index (χ2v) is 9.10. The zero-order valence-corrected chi connectivity index (χ0v) is 21.5. The molecule has 0 saturated carbocycles. The molecule has 6 nitrogen and oxygen atoms in total. The van der Waals surface area contributed by atoms with Crippen LogP contribution in [0.15, 0.2) is 69.0 Å². The lowest BCUT2D eigenvalue weighted by Gasteiger charge is -2.13. The van der Waals surface area contributed by atoms with Crippen LogP contribution in [0.25, 0.3) is 10.9 Å². The molecular weight excluding hydrogens is 541 g/mol. The first-order chi connectivity index (χ1) is 16.4. The first kappa shape index (κ1) is 24.3. The topological polar surface area (TPSA) is 65.7 Å². The maximum Gasteiger partial charge on any atom is 0.282 e. The number of aryl methyl sites for hydroxylation is 1. The monoisotopic (exact) mass is 559 g/mol. The molecule has 0 fully saturated rings. The zero-order valence-electron chi connectivity index (χ0n) is 18.4. The van der Waals surface area contributed by atoms with Gasteiger partial charge >= 0.3 is 0 Å². The van der Waals surface area contributed by atoms with Crippen molar-refractivity contribution in [1.29, 1.82) is 0 Å². The predicted molar refractivity (Wildman–Crippen MR) is 140 cm³/mol. The maximum absolute atomic E-state index is 12.9. The molecule has 9 heteroatoms. The molecule has 1 aromatic heterocycles. The van der Waals surface area contributed by atoms with E-state index in [0.29, 0.717) is 44.9 Å². The van der Waals surface area contributed by atoms with Crippen molar-refractivity contribution in [2.24, 2.45) is 5.10 Å². The summed E-state index contributed by atoms with van der Waals surface area (Å²) < 4.78 is 13.8. The fraction of sp³-hybridized carbons (Fsp3) is 0.160. The summed E-state index contributed by atoms with van der Waals surface area (Å²) in [5.41, 5.74) is 1.92. The number of ether oxygens (including phenoxy) is 2. The number of hydrogen-bond donors (Lipinski definition) is 0. The minimum atomic E-state index is -0.245. The molecule has 4 rings (SSSR count). The van der Waals surface area contributed by atoms with Crippen molar-refractivity contribution >= 4 is 56.2 Å². The molecule has 174 valence electrons. The third-order valence-corrected chi connectivity index (χ3v) is 6.04. The van der Waals surface area contributed by atoms with E-state index < -0.39 is 0 Å². The third-order valence-electron chi connectivity index (χ3n) is 4.96. The average Bonchev–Trinajstić information content (AvgIpc) is 2.80. The van der Waals surface area contributed by atoms with Gasteiger partial charge in [0.05, 0.1) is 23.7 Å². The number of hydrogen-bond acceptors (Lipinski definition) is 5. The molecule has 0 atom stereocenters. The Kier molecular flexibility index (Phi) is 7.56. The van der Waals surface area contributed by atoms with Crippen LogP contribution in [0, 0.1) is 6.92 Å². The van der Waals surface area contributed by atoms with Gasteiger partial charge in [-0.15, -0.1) is 0 Å². The fourth-order valence-electron chi connectivity index (χ4n) is 3.31. The van der Waals surface area contributed by atoms with E-state index in [0.717, 1.165) is 15.6 Å². The maximum atomic E-state index is 12.9. The van der Waals surface area contributed by atoms with Crippen LogP contribution in [0.4, 0.5) is 0 Å². The van der Waals surface area contributed by atoms with Gasteiger partial charge < -0.3 is 9.47 Å². The summed E-state index contributed by atoms with van der Waals surface area (Å²) in [4.78, 5) is 17.4. The fourth-order valence-corrected chi connectivity index (χ4v) is 4.13. The van der Waals surface area contributed by atoms with E-state index in [1.165, 1.54) is 4.68 Å². The van der Waals surface area contributed by atoms with E-state index >= 15 is 0 Å². The van der Waals surface area contributed by atoms with Gasteiger partial charge in [0.1, 0.15) is 12.4 Å². The summed E-state index contributed by atoms with van der Waals surface area (Å²) in [7, 11) is 0. The van der Waals surface area contributed by atoms with Crippen LogP contribution in [0.3, 0.4) is 0 Å². The van der Waals surface area contributed by atoms with Gasteiger partial charge in [0.25, 0.3) is 5.56 Å². The Morgan fingerprint density at radius 1 is 1.06 bits per heavy atom. The molecule has 0 amide bonds. The summed E-state index contributed by atoms with van der Waals surface area (Å²) >= 11 is 15.6. The lowest BCUT2D eigenvalue weighted by molar-refractivity contribution is 0.269. The van der Waals surface area contributed by atoms with E-state index in [-0.39, 0.29) is 12.2 Å². The summed E-state index contributed by atoms with van der Waals surface area (Å²) in [5, 5.41) is 5.96. The van der Waals surface area contributed by atoms with Gasteiger partial charge in [-0.1, -0.05) is 45.2 Å². The van der Waals surface area contributed by atoms with Gasteiger partial charge in [-0.05, 0) is 67.9 Å². The largest absolute Gasteiger partial charge is 0.490 e. The Labute approximate surface area is 214 Å². The summed E-state index contributed by atoms with van der Waals surface area (Å²) in [5.74, 6) is 1.61. The predicted octanol–water partition coefficient (Wildman–Crippen LogP) is 6.63. The highest BCUT2D eigenvalue weighted by molar-refractivity contribution is 9.10. The van der Waals surface area contributed by atoms with Gasteiger partial charge in [0, 0.05) is 20.1 Å². The zero-order chi connectivity index (χ0) is 24.2. The SMILES string of the molecule is CCOc1cc(C=Nn2c(C)nc3ccc(Br)cc3c2=O)ccc1OCc1ccc(Cl)cc1Cl. The highest BCUT2D eigenvalue weighted by Gasteiger charge is 2.10. The Balaban J connectivity index is 1.60. The van der Waals surface area contributed by atoms with Crippen LogP contribution in [-0.4, -0.2) is 22.5 Å². The molecule has 0 aliphatic heterocycles. The molecule has 0 bridgehead atoms. The van der Waals surface area contributed by atoms with Crippen LogP contribution in [-0.2, 0) is 6.61 Å². The first-order valence-corrected chi connectivity index (χ1v) is 12.0.